The Labute approximate surface area is 200 Å². The maximum absolute atomic E-state index is 14.1. The molecule has 1 aromatic carbocycles. The van der Waals surface area contributed by atoms with Gasteiger partial charge in [-0.25, -0.2) is 18.7 Å². The summed E-state index contributed by atoms with van der Waals surface area (Å²) in [5.41, 5.74) is -0.459. The Hall–Kier alpha value is -4.00. The van der Waals surface area contributed by atoms with E-state index >= 15 is 0 Å². The molecule has 0 saturated heterocycles. The molecule has 0 bridgehead atoms. The van der Waals surface area contributed by atoms with Gasteiger partial charge in [0.05, 0.1) is 23.6 Å². The maximum Gasteiger partial charge on any atom is 0.408 e. The minimum Gasteiger partial charge on any atom is -0.491 e. The second-order valence-electron chi connectivity index (χ2n) is 8.75. The summed E-state index contributed by atoms with van der Waals surface area (Å²) in [4.78, 5) is 26.8. The number of nitro groups is 1. The van der Waals surface area contributed by atoms with Gasteiger partial charge < -0.3 is 25.2 Å². The second-order valence-corrected chi connectivity index (χ2v) is 8.75. The average Bonchev–Trinajstić information content (AvgIpc) is 3.19. The first-order chi connectivity index (χ1) is 16.5. The molecule has 188 valence electrons. The number of nitrogens with zero attached hydrogens (tertiary/aromatic N) is 4. The molecule has 2 atom stereocenters. The first-order valence-corrected chi connectivity index (χ1v) is 10.7. The normalized spacial score (nSPS) is 13.2. The summed E-state index contributed by atoms with van der Waals surface area (Å²) < 4.78 is 26.3. The van der Waals surface area contributed by atoms with Crippen LogP contribution >= 0.6 is 0 Å². The number of benzene rings is 1. The van der Waals surface area contributed by atoms with Crippen LogP contribution in [0.3, 0.4) is 0 Å². The number of aromatic nitrogens is 3. The summed E-state index contributed by atoms with van der Waals surface area (Å²) >= 11 is 0. The number of aliphatic hydroxyl groups is 1. The van der Waals surface area contributed by atoms with Crippen LogP contribution in [0.1, 0.15) is 39.3 Å². The highest BCUT2D eigenvalue weighted by molar-refractivity contribution is 5.68. The number of fused-ring (bicyclic) bond motifs is 1. The predicted molar refractivity (Wildman–Crippen MR) is 124 cm³/mol. The van der Waals surface area contributed by atoms with Crippen molar-refractivity contribution in [2.45, 2.75) is 45.4 Å². The van der Waals surface area contributed by atoms with Crippen molar-refractivity contribution in [2.24, 2.45) is 0 Å². The minimum atomic E-state index is -0.766. The molecule has 1 unspecified atom stereocenters. The number of carbonyl (C=O) groups excluding carboxylic acids is 1. The van der Waals surface area contributed by atoms with Crippen LogP contribution in [-0.4, -0.2) is 55.6 Å². The van der Waals surface area contributed by atoms with Gasteiger partial charge >= 0.3 is 11.8 Å². The van der Waals surface area contributed by atoms with E-state index in [4.69, 9.17) is 9.47 Å². The monoisotopic (exact) mass is 490 g/mol. The highest BCUT2D eigenvalue weighted by Crippen LogP contribution is 2.29. The molecule has 0 radical (unpaired) electrons. The molecule has 0 aliphatic heterocycles. The first-order valence-electron chi connectivity index (χ1n) is 10.7. The quantitative estimate of drug-likeness (QED) is 0.303. The van der Waals surface area contributed by atoms with Crippen LogP contribution in [0.5, 0.6) is 5.75 Å². The van der Waals surface area contributed by atoms with Crippen LogP contribution in [0.4, 0.5) is 20.7 Å². The first kappa shape index (κ1) is 25.6. The molecule has 0 fully saturated rings. The summed E-state index contributed by atoms with van der Waals surface area (Å²) in [6.45, 7) is 6.38. The van der Waals surface area contributed by atoms with Crippen molar-refractivity contribution >= 4 is 23.2 Å². The smallest absolute Gasteiger partial charge is 0.408 e. The largest absolute Gasteiger partial charge is 0.491 e. The van der Waals surface area contributed by atoms with Gasteiger partial charge in [-0.05, 0) is 52.0 Å². The highest BCUT2D eigenvalue weighted by atomic mass is 19.1. The number of amides is 1. The Morgan fingerprint density at radius 3 is 2.74 bits per heavy atom. The number of rotatable bonds is 9. The molecular weight excluding hydrogens is 463 g/mol. The number of carbonyl (C=O) groups is 1. The standard InChI is InChI=1S/C22H27FN6O6/c1-13(25-19-7-8-28-20(27-19)17(10-24-28)29(32)33)16-9-14(23)5-6-18(16)34-12-15(11-30)26-21(31)35-22(2,3)4/h5-10,13,15,30H,11-12H2,1-4H3,(H,25,27)(H,26,31)/t13-,15?/m1/s1. The highest BCUT2D eigenvalue weighted by Gasteiger charge is 2.21. The van der Waals surface area contributed by atoms with Crippen molar-refractivity contribution in [3.8, 4) is 5.75 Å². The molecular formula is C22H27FN6O6. The zero-order valence-electron chi connectivity index (χ0n) is 19.7. The molecule has 3 rings (SSSR count). The maximum atomic E-state index is 14.1. The van der Waals surface area contributed by atoms with Crippen LogP contribution in [0, 0.1) is 15.9 Å². The topological polar surface area (TPSA) is 153 Å². The summed E-state index contributed by atoms with van der Waals surface area (Å²) in [5, 5.41) is 30.3. The van der Waals surface area contributed by atoms with E-state index in [1.165, 1.54) is 28.9 Å². The van der Waals surface area contributed by atoms with Gasteiger partial charge in [-0.3, -0.25) is 10.1 Å². The molecule has 0 aliphatic carbocycles. The molecule has 0 saturated carbocycles. The Kier molecular flexibility index (Phi) is 7.69. The lowest BCUT2D eigenvalue weighted by molar-refractivity contribution is -0.383. The van der Waals surface area contributed by atoms with Gasteiger partial charge in [-0.2, -0.15) is 5.10 Å². The Morgan fingerprint density at radius 2 is 2.09 bits per heavy atom. The van der Waals surface area contributed by atoms with Gasteiger partial charge in [-0.1, -0.05) is 0 Å². The van der Waals surface area contributed by atoms with Gasteiger partial charge in [0.25, 0.3) is 0 Å². The zero-order chi connectivity index (χ0) is 25.8. The van der Waals surface area contributed by atoms with Crippen molar-refractivity contribution in [2.75, 3.05) is 18.5 Å². The lowest BCUT2D eigenvalue weighted by Gasteiger charge is -2.24. The van der Waals surface area contributed by atoms with Crippen LogP contribution in [-0.2, 0) is 4.74 Å². The van der Waals surface area contributed by atoms with Crippen molar-refractivity contribution in [3.63, 3.8) is 0 Å². The van der Waals surface area contributed by atoms with E-state index in [1.807, 2.05) is 0 Å². The fraction of sp³-hybridized carbons (Fsp3) is 0.409. The number of aliphatic hydroxyl groups excluding tert-OH is 1. The van der Waals surface area contributed by atoms with E-state index in [0.717, 1.165) is 6.20 Å². The third-order valence-electron chi connectivity index (χ3n) is 4.73. The van der Waals surface area contributed by atoms with Crippen LogP contribution in [0.25, 0.3) is 5.65 Å². The summed E-state index contributed by atoms with van der Waals surface area (Å²) in [7, 11) is 0. The van der Waals surface area contributed by atoms with Crippen LogP contribution < -0.4 is 15.4 Å². The molecule has 13 heteroatoms. The lowest BCUT2D eigenvalue weighted by Crippen LogP contribution is -2.44. The molecule has 35 heavy (non-hydrogen) atoms. The number of hydrogen-bond donors (Lipinski definition) is 3. The van der Waals surface area contributed by atoms with Crippen LogP contribution in [0.2, 0.25) is 0 Å². The Balaban J connectivity index is 1.74. The van der Waals surface area contributed by atoms with E-state index < -0.39 is 41.1 Å². The minimum absolute atomic E-state index is 0.0573. The lowest BCUT2D eigenvalue weighted by atomic mass is 10.1. The number of alkyl carbamates (subject to hydrolysis) is 1. The van der Waals surface area contributed by atoms with E-state index in [-0.39, 0.29) is 17.9 Å². The van der Waals surface area contributed by atoms with Crippen molar-refractivity contribution in [1.82, 2.24) is 19.9 Å². The van der Waals surface area contributed by atoms with Crippen molar-refractivity contribution in [1.29, 1.82) is 0 Å². The number of hydrogen-bond acceptors (Lipinski definition) is 9. The average molecular weight is 490 g/mol. The van der Waals surface area contributed by atoms with E-state index in [0.29, 0.717) is 17.1 Å². The number of anilines is 1. The number of nitrogens with one attached hydrogen (secondary N) is 2. The molecule has 0 aliphatic rings. The molecule has 0 spiro atoms. The predicted octanol–water partition coefficient (Wildman–Crippen LogP) is 3.21. The van der Waals surface area contributed by atoms with Gasteiger partial charge in [0, 0.05) is 11.8 Å². The summed E-state index contributed by atoms with van der Waals surface area (Å²) in [5.74, 6) is 0.123. The molecule has 3 aromatic rings. The van der Waals surface area contributed by atoms with E-state index in [9.17, 15) is 24.4 Å². The zero-order valence-corrected chi connectivity index (χ0v) is 19.7. The van der Waals surface area contributed by atoms with E-state index in [2.05, 4.69) is 20.7 Å². The van der Waals surface area contributed by atoms with Crippen molar-refractivity contribution < 1.29 is 28.7 Å². The molecule has 2 aromatic heterocycles. The molecule has 2 heterocycles. The Bertz CT molecular complexity index is 1210. The van der Waals surface area contributed by atoms with Crippen molar-refractivity contribution in [3.05, 3.63) is 58.2 Å². The van der Waals surface area contributed by atoms with Gasteiger partial charge in [0.2, 0.25) is 5.65 Å². The third-order valence-corrected chi connectivity index (χ3v) is 4.73. The number of halogens is 1. The van der Waals surface area contributed by atoms with Gasteiger partial charge in [-0.15, -0.1) is 0 Å². The summed E-state index contributed by atoms with van der Waals surface area (Å²) in [6, 6.07) is 4.22. The summed E-state index contributed by atoms with van der Waals surface area (Å²) in [6.07, 6.45) is 1.92. The molecule has 12 nitrogen and oxygen atoms in total. The SMILES string of the molecule is C[C@@H](Nc1ccn2ncc([N+](=O)[O-])c2n1)c1cc(F)ccc1OCC(CO)NC(=O)OC(C)(C)C. The number of ether oxygens (including phenoxy) is 2. The second kappa shape index (κ2) is 10.5. The third kappa shape index (κ3) is 6.76. The molecule has 3 N–H and O–H groups in total. The van der Waals surface area contributed by atoms with Gasteiger partial charge in [0.15, 0.2) is 0 Å². The fourth-order valence-electron chi connectivity index (χ4n) is 3.16. The van der Waals surface area contributed by atoms with Gasteiger partial charge in [0.1, 0.15) is 35.8 Å². The molecule has 1 amide bonds. The van der Waals surface area contributed by atoms with Crippen LogP contribution in [0.15, 0.2) is 36.7 Å². The fourth-order valence-corrected chi connectivity index (χ4v) is 3.16. The van der Waals surface area contributed by atoms with E-state index in [1.54, 1.807) is 33.8 Å². The Morgan fingerprint density at radius 1 is 1.34 bits per heavy atom.